The number of carbonyl (C=O) groups excluding carboxylic acids is 2. The van der Waals surface area contributed by atoms with Gasteiger partial charge in [-0.15, -0.1) is 0 Å². The molecule has 1 rings (SSSR count). The summed E-state index contributed by atoms with van der Waals surface area (Å²) in [4.78, 5) is 24.0. The van der Waals surface area contributed by atoms with Crippen molar-refractivity contribution in [3.05, 3.63) is 23.8 Å². The van der Waals surface area contributed by atoms with Crippen LogP contribution in [0.1, 0.15) is 38.1 Å². The molecule has 0 aromatic heterocycles. The number of hydrogen-bond donors (Lipinski definition) is 2. The lowest BCUT2D eigenvalue weighted by Crippen LogP contribution is -2.46. The van der Waals surface area contributed by atoms with Crippen molar-refractivity contribution in [2.75, 3.05) is 14.2 Å². The Kier molecular flexibility index (Phi) is 6.55. The second kappa shape index (κ2) is 7.83. The molecule has 0 spiro atoms. The Morgan fingerprint density at radius 1 is 1.20 bits per heavy atom. The van der Waals surface area contributed by atoms with E-state index in [2.05, 4.69) is 10.0 Å². The van der Waals surface area contributed by atoms with Crippen LogP contribution in [0.3, 0.4) is 0 Å². The molecular weight excluding hydrogens is 348 g/mol. The second-order valence-corrected chi connectivity index (χ2v) is 8.21. The summed E-state index contributed by atoms with van der Waals surface area (Å²) < 4.78 is 36.3. The van der Waals surface area contributed by atoms with Crippen LogP contribution in [-0.2, 0) is 19.6 Å². The standard InChI is InChI=1S/C16H24N2O6S/c1-10(14(19)18-16(2,3)4)24-15(20)11-7-8-12(23-6)13(9-11)25(21,22)17-5/h7-10,17H,1-6H3,(H,18,19)/t10-/m0/s1. The van der Waals surface area contributed by atoms with Gasteiger partial charge in [0.1, 0.15) is 10.6 Å². The molecule has 9 heteroatoms. The van der Waals surface area contributed by atoms with Crippen LogP contribution in [0.25, 0.3) is 0 Å². The summed E-state index contributed by atoms with van der Waals surface area (Å²) in [7, 11) is -1.26. The average Bonchev–Trinajstić information content (AvgIpc) is 2.52. The minimum Gasteiger partial charge on any atom is -0.495 e. The summed E-state index contributed by atoms with van der Waals surface area (Å²) in [6.07, 6.45) is -1.03. The molecule has 0 bridgehead atoms. The minimum atomic E-state index is -3.83. The van der Waals surface area contributed by atoms with Gasteiger partial charge in [-0.2, -0.15) is 0 Å². The highest BCUT2D eigenvalue weighted by Crippen LogP contribution is 2.25. The third-order valence-corrected chi connectivity index (χ3v) is 4.54. The Morgan fingerprint density at radius 2 is 1.80 bits per heavy atom. The molecule has 8 nitrogen and oxygen atoms in total. The quantitative estimate of drug-likeness (QED) is 0.723. The van der Waals surface area contributed by atoms with Crippen molar-refractivity contribution in [1.82, 2.24) is 10.0 Å². The molecule has 0 aliphatic carbocycles. The van der Waals surface area contributed by atoms with Crippen LogP contribution in [0.2, 0.25) is 0 Å². The Morgan fingerprint density at radius 3 is 2.28 bits per heavy atom. The van der Waals surface area contributed by atoms with Gasteiger partial charge in [0.05, 0.1) is 12.7 Å². The number of hydrogen-bond acceptors (Lipinski definition) is 6. The van der Waals surface area contributed by atoms with Crippen molar-refractivity contribution < 1.29 is 27.5 Å². The Bertz CT molecular complexity index is 752. The molecule has 2 N–H and O–H groups in total. The number of rotatable bonds is 6. The number of carbonyl (C=O) groups is 2. The Balaban J connectivity index is 3.03. The van der Waals surface area contributed by atoms with E-state index in [4.69, 9.17) is 9.47 Å². The van der Waals surface area contributed by atoms with Crippen molar-refractivity contribution in [1.29, 1.82) is 0 Å². The van der Waals surface area contributed by atoms with E-state index in [0.717, 1.165) is 6.07 Å². The predicted molar refractivity (Wildman–Crippen MR) is 92.0 cm³/mol. The van der Waals surface area contributed by atoms with Crippen LogP contribution < -0.4 is 14.8 Å². The van der Waals surface area contributed by atoms with Gasteiger partial charge < -0.3 is 14.8 Å². The monoisotopic (exact) mass is 372 g/mol. The zero-order valence-electron chi connectivity index (χ0n) is 15.2. The molecule has 0 fully saturated rings. The molecule has 1 aromatic rings. The number of esters is 1. The van der Waals surface area contributed by atoms with Crippen LogP contribution >= 0.6 is 0 Å². The fraction of sp³-hybridized carbons (Fsp3) is 0.500. The lowest BCUT2D eigenvalue weighted by atomic mass is 10.1. The van der Waals surface area contributed by atoms with Gasteiger partial charge in [0.15, 0.2) is 6.10 Å². The maximum atomic E-state index is 12.2. The summed E-state index contributed by atoms with van der Waals surface area (Å²) in [5.41, 5.74) is -0.476. The minimum absolute atomic E-state index is 0.00923. The lowest BCUT2D eigenvalue weighted by molar-refractivity contribution is -0.130. The van der Waals surface area contributed by atoms with Gasteiger partial charge in [-0.05, 0) is 52.9 Å². The van der Waals surface area contributed by atoms with Gasteiger partial charge in [-0.25, -0.2) is 17.9 Å². The highest BCUT2D eigenvalue weighted by molar-refractivity contribution is 7.89. The van der Waals surface area contributed by atoms with Gasteiger partial charge in [-0.3, -0.25) is 4.79 Å². The van der Waals surface area contributed by atoms with Crippen molar-refractivity contribution >= 4 is 21.9 Å². The summed E-state index contributed by atoms with van der Waals surface area (Å²) in [6, 6.07) is 3.85. The molecular formula is C16H24N2O6S. The predicted octanol–water partition coefficient (Wildman–Crippen LogP) is 1.06. The van der Waals surface area contributed by atoms with E-state index in [0.29, 0.717) is 0 Å². The molecule has 1 aromatic carbocycles. The third-order valence-electron chi connectivity index (χ3n) is 3.11. The first-order valence-corrected chi connectivity index (χ1v) is 9.04. The fourth-order valence-corrected chi connectivity index (χ4v) is 2.80. The molecule has 0 saturated carbocycles. The van der Waals surface area contributed by atoms with E-state index in [1.54, 1.807) is 20.8 Å². The highest BCUT2D eigenvalue weighted by Gasteiger charge is 2.25. The smallest absolute Gasteiger partial charge is 0.338 e. The van der Waals surface area contributed by atoms with Crippen LogP contribution in [0.15, 0.2) is 23.1 Å². The first kappa shape index (κ1) is 20.9. The van der Waals surface area contributed by atoms with Crippen molar-refractivity contribution in [3.63, 3.8) is 0 Å². The van der Waals surface area contributed by atoms with Gasteiger partial charge in [0, 0.05) is 5.54 Å². The Hall–Kier alpha value is -2.13. The van der Waals surface area contributed by atoms with Crippen molar-refractivity contribution in [2.45, 2.75) is 44.2 Å². The topological polar surface area (TPSA) is 111 Å². The average molecular weight is 372 g/mol. The normalized spacial score (nSPS) is 13.0. The van der Waals surface area contributed by atoms with Gasteiger partial charge in [-0.1, -0.05) is 0 Å². The number of ether oxygens (including phenoxy) is 2. The molecule has 0 radical (unpaired) electrons. The lowest BCUT2D eigenvalue weighted by Gasteiger charge is -2.23. The number of amides is 1. The summed E-state index contributed by atoms with van der Waals surface area (Å²) in [5, 5.41) is 2.70. The number of benzene rings is 1. The molecule has 0 heterocycles. The maximum absolute atomic E-state index is 12.2. The first-order valence-electron chi connectivity index (χ1n) is 7.56. The van der Waals surface area contributed by atoms with Gasteiger partial charge in [0.25, 0.3) is 5.91 Å². The molecule has 1 amide bonds. The Labute approximate surface area is 147 Å². The van der Waals surface area contributed by atoms with Crippen LogP contribution in [-0.4, -0.2) is 46.1 Å². The highest BCUT2D eigenvalue weighted by atomic mass is 32.2. The van der Waals surface area contributed by atoms with Crippen molar-refractivity contribution in [3.8, 4) is 5.75 Å². The fourth-order valence-electron chi connectivity index (χ4n) is 1.88. The summed E-state index contributed by atoms with van der Waals surface area (Å²) in [5.74, 6) is -1.17. The number of sulfonamides is 1. The van der Waals surface area contributed by atoms with Crippen LogP contribution in [0, 0.1) is 0 Å². The van der Waals surface area contributed by atoms with E-state index in [1.807, 2.05) is 0 Å². The zero-order chi connectivity index (χ0) is 19.4. The van der Waals surface area contributed by atoms with E-state index in [9.17, 15) is 18.0 Å². The van der Waals surface area contributed by atoms with E-state index in [1.165, 1.54) is 33.2 Å². The molecule has 0 aliphatic heterocycles. The van der Waals surface area contributed by atoms with Crippen LogP contribution in [0.5, 0.6) is 5.75 Å². The molecule has 140 valence electrons. The maximum Gasteiger partial charge on any atom is 0.338 e. The van der Waals surface area contributed by atoms with E-state index >= 15 is 0 Å². The SMILES string of the molecule is CNS(=O)(=O)c1cc(C(=O)O[C@@H](C)C(=O)NC(C)(C)C)ccc1OC. The summed E-state index contributed by atoms with van der Waals surface area (Å²) in [6.45, 7) is 6.85. The molecule has 1 atom stereocenters. The zero-order valence-corrected chi connectivity index (χ0v) is 16.0. The summed E-state index contributed by atoms with van der Waals surface area (Å²) >= 11 is 0. The first-order chi connectivity index (χ1) is 11.4. The van der Waals surface area contributed by atoms with E-state index in [-0.39, 0.29) is 16.2 Å². The van der Waals surface area contributed by atoms with Crippen molar-refractivity contribution in [2.24, 2.45) is 0 Å². The number of nitrogens with one attached hydrogen (secondary N) is 2. The third kappa shape index (κ3) is 5.71. The second-order valence-electron chi connectivity index (χ2n) is 6.36. The van der Waals surface area contributed by atoms with Gasteiger partial charge >= 0.3 is 5.97 Å². The molecule has 0 aliphatic rings. The molecule has 25 heavy (non-hydrogen) atoms. The van der Waals surface area contributed by atoms with Gasteiger partial charge in [0.2, 0.25) is 10.0 Å². The molecule has 0 saturated heterocycles. The molecule has 0 unspecified atom stereocenters. The van der Waals surface area contributed by atoms with E-state index < -0.39 is 33.5 Å². The largest absolute Gasteiger partial charge is 0.495 e. The van der Waals surface area contributed by atoms with Crippen LogP contribution in [0.4, 0.5) is 0 Å². The number of methoxy groups -OCH3 is 1.